The van der Waals surface area contributed by atoms with Gasteiger partial charge in [-0.2, -0.15) is 0 Å². The molecule has 0 saturated heterocycles. The fourth-order valence-corrected chi connectivity index (χ4v) is 13.2. The van der Waals surface area contributed by atoms with Crippen LogP contribution in [0.4, 0.5) is 0 Å². The first-order chi connectivity index (χ1) is 56.2. The van der Waals surface area contributed by atoms with Gasteiger partial charge in [-0.15, -0.1) is 0 Å². The number of ether oxygens (including phenoxy) is 3. The van der Waals surface area contributed by atoms with Crippen LogP contribution in [0.1, 0.15) is 342 Å². The Morgan fingerprint density at radius 2 is 0.435 bits per heavy atom. The van der Waals surface area contributed by atoms with Crippen molar-refractivity contribution in [3.05, 3.63) is 194 Å². The molecule has 0 aromatic rings. The number of carbonyl (C=O) groups is 3. The smallest absolute Gasteiger partial charge is 0.463 e. The molecule has 0 heterocycles. The molecule has 0 amide bonds. The standard InChI is InChI=1S/C97H160O16P2/c1-4-7-10-13-16-19-22-25-28-31-34-36-38-40-42-43-44-45-46-47-49-51-52-54-57-59-62-65-68-71-74-77-80-83-95(100)107-86-92(98)87-109-114(103,104)110-88-93(99)89-111-115(105,106)112-91-94(113-97(102)85-82-79-76-73-70-67-64-61-56-33-30-27-24-21-18-15-12-9-6-3)90-108-96(101)84-81-78-75-72-69-66-63-60-58-55-53-50-48-41-39-37-35-32-29-26-23-20-17-14-11-8-5-2/h7-12,16-21,25-30,34-37,40-42,44-45,48,53,55-56,61,92-94,98-99H,4-6,13-15,22-24,31-33,38-39,43,46-47,49-52,54,57-60,62-91H2,1-3H3,(H,103,104)(H,105,106)/b10-7-,11-8-,12-9-,19-16-,20-17-,21-18-,28-25-,29-26-,30-27-,36-34-,37-35-,42-40-,45-44-,48-41-,55-53-,61-56-. The molecule has 0 saturated carbocycles. The van der Waals surface area contributed by atoms with Gasteiger partial charge in [0.15, 0.2) is 6.10 Å². The molecule has 0 aliphatic carbocycles. The largest absolute Gasteiger partial charge is 0.472 e. The molecule has 0 aromatic heterocycles. The summed E-state index contributed by atoms with van der Waals surface area (Å²) < 4.78 is 61.4. The van der Waals surface area contributed by atoms with Gasteiger partial charge < -0.3 is 34.2 Å². The third-order valence-electron chi connectivity index (χ3n) is 18.3. The molecule has 0 spiro atoms. The van der Waals surface area contributed by atoms with E-state index in [0.717, 1.165) is 212 Å². The first-order valence-corrected chi connectivity index (χ1v) is 47.7. The molecule has 4 N–H and O–H groups in total. The van der Waals surface area contributed by atoms with Gasteiger partial charge in [-0.3, -0.25) is 32.5 Å². The molecule has 0 radical (unpaired) electrons. The molecular weight excluding hydrogens is 1480 g/mol. The second kappa shape index (κ2) is 87.7. The number of phosphoric ester groups is 2. The number of aliphatic hydroxyl groups excluding tert-OH is 2. The summed E-state index contributed by atoms with van der Waals surface area (Å²) in [6.07, 6.45) is 116. The van der Waals surface area contributed by atoms with Crippen molar-refractivity contribution in [3.63, 3.8) is 0 Å². The van der Waals surface area contributed by atoms with Crippen molar-refractivity contribution in [2.45, 2.75) is 360 Å². The van der Waals surface area contributed by atoms with Gasteiger partial charge >= 0.3 is 33.6 Å². The second-order valence-corrected chi connectivity index (χ2v) is 32.2. The number of hydrogen-bond donors (Lipinski definition) is 4. The summed E-state index contributed by atoms with van der Waals surface area (Å²) in [7, 11) is -9.82. The van der Waals surface area contributed by atoms with Crippen LogP contribution in [0, 0.1) is 0 Å². The lowest BCUT2D eigenvalue weighted by molar-refractivity contribution is -0.161. The maximum atomic E-state index is 13.0. The predicted molar refractivity (Wildman–Crippen MR) is 481 cm³/mol. The Balaban J connectivity index is 4.58. The van der Waals surface area contributed by atoms with Crippen LogP contribution in [0.25, 0.3) is 0 Å². The number of aliphatic hydroxyl groups is 2. The van der Waals surface area contributed by atoms with Gasteiger partial charge in [0.2, 0.25) is 0 Å². The zero-order valence-corrected chi connectivity index (χ0v) is 73.7. The van der Waals surface area contributed by atoms with E-state index in [1.54, 1.807) is 0 Å². The molecule has 0 bridgehead atoms. The lowest BCUT2D eigenvalue weighted by Crippen LogP contribution is -2.30. The highest BCUT2D eigenvalue weighted by atomic mass is 31.2. The van der Waals surface area contributed by atoms with Crippen molar-refractivity contribution in [2.75, 3.05) is 39.6 Å². The van der Waals surface area contributed by atoms with Crippen molar-refractivity contribution < 1.29 is 75.8 Å². The van der Waals surface area contributed by atoms with E-state index in [-0.39, 0.29) is 19.3 Å². The van der Waals surface area contributed by atoms with Gasteiger partial charge in [0.25, 0.3) is 0 Å². The van der Waals surface area contributed by atoms with Gasteiger partial charge in [-0.1, -0.05) is 356 Å². The van der Waals surface area contributed by atoms with Crippen LogP contribution in [-0.4, -0.2) is 95.9 Å². The van der Waals surface area contributed by atoms with Crippen molar-refractivity contribution in [1.82, 2.24) is 0 Å². The van der Waals surface area contributed by atoms with E-state index < -0.39 is 91.5 Å². The van der Waals surface area contributed by atoms with Crippen molar-refractivity contribution in [2.24, 2.45) is 0 Å². The van der Waals surface area contributed by atoms with Crippen molar-refractivity contribution >= 4 is 33.6 Å². The van der Waals surface area contributed by atoms with E-state index in [1.807, 2.05) is 0 Å². The van der Waals surface area contributed by atoms with Gasteiger partial charge in [0, 0.05) is 19.3 Å². The lowest BCUT2D eigenvalue weighted by Gasteiger charge is -2.21. The molecule has 0 aliphatic rings. The van der Waals surface area contributed by atoms with Gasteiger partial charge in [0.1, 0.15) is 25.4 Å². The number of allylic oxidation sites excluding steroid dienone is 32. The molecule has 654 valence electrons. The first-order valence-electron chi connectivity index (χ1n) is 44.7. The fraction of sp³-hybridized carbons (Fsp3) is 0.639. The average molecular weight is 1640 g/mol. The molecule has 16 nitrogen and oxygen atoms in total. The minimum Gasteiger partial charge on any atom is -0.463 e. The Bertz CT molecular complexity index is 2870. The third-order valence-corrected chi connectivity index (χ3v) is 20.2. The Labute approximate surface area is 699 Å². The molecular formula is C97H160O16P2. The molecule has 0 aromatic carbocycles. The minimum absolute atomic E-state index is 0.0801. The van der Waals surface area contributed by atoms with Crippen LogP contribution in [0.2, 0.25) is 0 Å². The SMILES string of the molecule is CC/C=C\C/C=C\C/C=C\C/C=C\C/C=C\C/C=C\CCCCCCCCCCCCCCCCC(=O)OCC(O)COP(=O)(O)OCC(O)COP(=O)(O)OCC(COC(=O)CCCCCCCCCC/C=C\C/C=C\C/C=C\C/C=C\C/C=C\C/C=C\CC)OC(=O)CCCCCCCC/C=C\C/C=C\C/C=C\C/C=C\CC. The van der Waals surface area contributed by atoms with Gasteiger partial charge in [-0.05, 0) is 161 Å². The lowest BCUT2D eigenvalue weighted by atomic mass is 10.0. The van der Waals surface area contributed by atoms with Crippen molar-refractivity contribution in [3.8, 4) is 0 Å². The number of esters is 3. The summed E-state index contributed by atoms with van der Waals surface area (Å²) in [6, 6.07) is 0. The Morgan fingerprint density at radius 3 is 0.687 bits per heavy atom. The van der Waals surface area contributed by atoms with E-state index >= 15 is 0 Å². The molecule has 0 fully saturated rings. The predicted octanol–water partition coefficient (Wildman–Crippen LogP) is 27.4. The van der Waals surface area contributed by atoms with E-state index in [2.05, 4.69) is 215 Å². The topological polar surface area (TPSA) is 231 Å². The van der Waals surface area contributed by atoms with Crippen LogP contribution < -0.4 is 0 Å². The third kappa shape index (κ3) is 89.0. The zero-order valence-electron chi connectivity index (χ0n) is 71.9. The van der Waals surface area contributed by atoms with Crippen LogP contribution in [-0.2, 0) is 55.8 Å². The quantitative estimate of drug-likeness (QED) is 0.0146. The number of unbranched alkanes of at least 4 members (excludes halogenated alkanes) is 28. The maximum Gasteiger partial charge on any atom is 0.472 e. The molecule has 0 rings (SSSR count). The maximum absolute atomic E-state index is 13.0. The molecule has 5 atom stereocenters. The monoisotopic (exact) mass is 1640 g/mol. The van der Waals surface area contributed by atoms with Crippen LogP contribution in [0.3, 0.4) is 0 Å². The first kappa shape index (κ1) is 109. The second-order valence-electron chi connectivity index (χ2n) is 29.3. The summed E-state index contributed by atoms with van der Waals surface area (Å²) in [5.41, 5.74) is 0. The van der Waals surface area contributed by atoms with E-state index in [0.29, 0.717) is 19.3 Å². The molecule has 18 heteroatoms. The zero-order chi connectivity index (χ0) is 83.6. The number of rotatable bonds is 83. The Hall–Kier alpha value is -5.61. The molecule has 0 aliphatic heterocycles. The highest BCUT2D eigenvalue weighted by Crippen LogP contribution is 2.45. The van der Waals surface area contributed by atoms with Crippen LogP contribution in [0.15, 0.2) is 194 Å². The summed E-state index contributed by atoms with van der Waals surface area (Å²) in [4.78, 5) is 58.9. The fourth-order valence-electron chi connectivity index (χ4n) is 11.6. The summed E-state index contributed by atoms with van der Waals surface area (Å²) in [5.74, 6) is -1.60. The van der Waals surface area contributed by atoms with Crippen LogP contribution in [0.5, 0.6) is 0 Å². The summed E-state index contributed by atoms with van der Waals surface area (Å²) in [5, 5.41) is 20.7. The Kier molecular flexibility index (Phi) is 83.4. The van der Waals surface area contributed by atoms with Crippen molar-refractivity contribution in [1.29, 1.82) is 0 Å². The minimum atomic E-state index is -4.95. The highest BCUT2D eigenvalue weighted by Gasteiger charge is 2.29. The molecule has 5 unspecified atom stereocenters. The number of hydrogen-bond acceptors (Lipinski definition) is 14. The number of phosphoric acid groups is 2. The highest BCUT2D eigenvalue weighted by molar-refractivity contribution is 7.47. The van der Waals surface area contributed by atoms with Crippen LogP contribution >= 0.6 is 15.6 Å². The van der Waals surface area contributed by atoms with E-state index in [1.165, 1.54) is 70.6 Å². The van der Waals surface area contributed by atoms with E-state index in [9.17, 15) is 43.5 Å². The van der Waals surface area contributed by atoms with Gasteiger partial charge in [-0.25, -0.2) is 9.13 Å². The number of carbonyl (C=O) groups excluding carboxylic acids is 3. The Morgan fingerprint density at radius 1 is 0.243 bits per heavy atom. The normalized spacial score (nSPS) is 14.7. The summed E-state index contributed by atoms with van der Waals surface area (Å²) >= 11 is 0. The van der Waals surface area contributed by atoms with E-state index in [4.69, 9.17) is 32.3 Å². The van der Waals surface area contributed by atoms with Gasteiger partial charge in [0.05, 0.1) is 26.4 Å². The summed E-state index contributed by atoms with van der Waals surface area (Å²) in [6.45, 7) is 2.33. The molecule has 115 heavy (non-hydrogen) atoms. The average Bonchev–Trinajstić information content (AvgIpc) is 0.902.